The Morgan fingerprint density at radius 3 is 0.286 bits per heavy atom. The van der Waals surface area contributed by atoms with Gasteiger partial charge in [-0.3, -0.25) is 0 Å². The van der Waals surface area contributed by atoms with Crippen molar-refractivity contribution in [3.8, 4) is 0 Å². The van der Waals surface area contributed by atoms with Crippen LogP contribution in [-0.4, -0.2) is 51.4 Å². The molecule has 0 nitrogen and oxygen atoms in total. The van der Waals surface area contributed by atoms with Crippen LogP contribution in [0, 0.1) is 0 Å². The van der Waals surface area contributed by atoms with Crippen LogP contribution in [0.15, 0.2) is 0 Å². The minimum atomic E-state index is 0. The first kappa shape index (κ1) is 52.4. The molecule has 0 unspecified atom stereocenters. The minimum Gasteiger partial charge on any atom is 0 e. The average molecular weight is 326 g/mol. The first-order valence-electron chi connectivity index (χ1n) is 0. The third-order valence-electron chi connectivity index (χ3n) is 0. The molecule has 7 heteroatoms. The SMILES string of the molecule is [K].[Ti].[Ti].[Ti].[Ti].[Ti].[Ti]. The first-order chi connectivity index (χ1) is 0. The first-order valence-corrected chi connectivity index (χ1v) is 0. The average Bonchev–Trinajstić information content (AvgIpc) is 0. The zero-order chi connectivity index (χ0) is 0. The van der Waals surface area contributed by atoms with Crippen molar-refractivity contribution >= 4 is 51.4 Å². The Labute approximate surface area is 176 Å². The number of hydrogen-bond acceptors (Lipinski definition) is 0. The van der Waals surface area contributed by atoms with Gasteiger partial charge in [0.25, 0.3) is 0 Å². The molecule has 0 bridgehead atoms. The van der Waals surface area contributed by atoms with Crippen molar-refractivity contribution in [2.75, 3.05) is 0 Å². The summed E-state index contributed by atoms with van der Waals surface area (Å²) in [5.41, 5.74) is 0. The van der Waals surface area contributed by atoms with Crippen molar-refractivity contribution in [1.29, 1.82) is 0 Å². The molecule has 0 amide bonds. The molecule has 25 valence electrons. The largest absolute Gasteiger partial charge is 0 e. The van der Waals surface area contributed by atoms with Gasteiger partial charge in [0.2, 0.25) is 0 Å². The molecule has 0 aliphatic heterocycles. The summed E-state index contributed by atoms with van der Waals surface area (Å²) in [4.78, 5) is 0. The Kier molecular flexibility index (Phi) is 303. The molecule has 0 spiro atoms. The van der Waals surface area contributed by atoms with Gasteiger partial charge in [-0.05, 0) is 0 Å². The van der Waals surface area contributed by atoms with Gasteiger partial charge in [0.15, 0.2) is 0 Å². The topological polar surface area (TPSA) is 0 Å². The molecule has 0 N–H and O–H groups in total. The molecule has 7 heavy (non-hydrogen) atoms. The summed E-state index contributed by atoms with van der Waals surface area (Å²) in [6, 6.07) is 0. The van der Waals surface area contributed by atoms with E-state index in [0.717, 1.165) is 0 Å². The van der Waals surface area contributed by atoms with Crippen LogP contribution in [0.1, 0.15) is 0 Å². The molecular formula is KTi6. The summed E-state index contributed by atoms with van der Waals surface area (Å²) in [7, 11) is 0. The third kappa shape index (κ3) is 33.5. The summed E-state index contributed by atoms with van der Waals surface area (Å²) in [5.74, 6) is 0. The molecule has 0 fully saturated rings. The van der Waals surface area contributed by atoms with E-state index in [-0.39, 0.29) is 182 Å². The minimum absolute atomic E-state index is 0. The summed E-state index contributed by atoms with van der Waals surface area (Å²) in [6.07, 6.45) is 0. The Hall–Kier alpha value is 5.92. The third-order valence-corrected chi connectivity index (χ3v) is 0. The monoisotopic (exact) mass is 327 g/mol. The standard InChI is InChI=1S/K.6Ti. The molecule has 0 rings (SSSR count). The summed E-state index contributed by atoms with van der Waals surface area (Å²) in [6.45, 7) is 0. The van der Waals surface area contributed by atoms with Crippen molar-refractivity contribution in [3.05, 3.63) is 0 Å². The second-order valence-corrected chi connectivity index (χ2v) is 0. The van der Waals surface area contributed by atoms with Crippen molar-refractivity contribution in [1.82, 2.24) is 0 Å². The fourth-order valence-electron chi connectivity index (χ4n) is 0. The molecule has 0 saturated heterocycles. The summed E-state index contributed by atoms with van der Waals surface area (Å²) < 4.78 is 0. The number of rotatable bonds is 0. The van der Waals surface area contributed by atoms with Crippen molar-refractivity contribution in [2.45, 2.75) is 0 Å². The van der Waals surface area contributed by atoms with Crippen LogP contribution in [0.3, 0.4) is 0 Å². The van der Waals surface area contributed by atoms with E-state index in [1.165, 1.54) is 0 Å². The molecule has 0 aromatic heterocycles. The second-order valence-electron chi connectivity index (χ2n) is 0. The summed E-state index contributed by atoms with van der Waals surface area (Å²) >= 11 is 0. The van der Waals surface area contributed by atoms with Crippen LogP contribution in [0.2, 0.25) is 0 Å². The Bertz CT molecular complexity index is 4.14. The van der Waals surface area contributed by atoms with E-state index in [9.17, 15) is 0 Å². The van der Waals surface area contributed by atoms with E-state index in [4.69, 9.17) is 0 Å². The van der Waals surface area contributed by atoms with Gasteiger partial charge < -0.3 is 0 Å². The predicted molar refractivity (Wildman–Crippen MR) is 5.75 cm³/mol. The molecule has 0 aliphatic carbocycles. The zero-order valence-corrected chi connectivity index (χ0v) is 16.5. The maximum absolute atomic E-state index is 0. The molecule has 0 atom stereocenters. The molecule has 0 saturated carbocycles. The van der Waals surface area contributed by atoms with Crippen LogP contribution in [-0.2, 0) is 130 Å². The fraction of sp³-hybridized carbons (Fsp3) is 0. The normalized spacial score (nSPS) is 0. The molecular weight excluding hydrogens is 326 g/mol. The van der Waals surface area contributed by atoms with Crippen molar-refractivity contribution < 1.29 is 130 Å². The van der Waals surface area contributed by atoms with Gasteiger partial charge in [0.05, 0.1) is 0 Å². The predicted octanol–water partition coefficient (Wildman–Crippen LogP) is -0.396. The van der Waals surface area contributed by atoms with Crippen LogP contribution >= 0.6 is 0 Å². The Morgan fingerprint density at radius 1 is 0.286 bits per heavy atom. The molecule has 1 radical (unpaired) electrons. The van der Waals surface area contributed by atoms with E-state index in [1.807, 2.05) is 0 Å². The van der Waals surface area contributed by atoms with Crippen molar-refractivity contribution in [2.24, 2.45) is 0 Å². The van der Waals surface area contributed by atoms with E-state index in [2.05, 4.69) is 0 Å². The van der Waals surface area contributed by atoms with Crippen LogP contribution < -0.4 is 0 Å². The van der Waals surface area contributed by atoms with E-state index >= 15 is 0 Å². The Morgan fingerprint density at radius 2 is 0.286 bits per heavy atom. The second kappa shape index (κ2) is 40.6. The van der Waals surface area contributed by atoms with Gasteiger partial charge in [0, 0.05) is 182 Å². The van der Waals surface area contributed by atoms with Crippen LogP contribution in [0.5, 0.6) is 0 Å². The molecule has 0 aromatic carbocycles. The summed E-state index contributed by atoms with van der Waals surface area (Å²) in [5, 5.41) is 0. The maximum Gasteiger partial charge on any atom is 0 e. The molecule has 0 aliphatic rings. The van der Waals surface area contributed by atoms with E-state index < -0.39 is 0 Å². The fourth-order valence-corrected chi connectivity index (χ4v) is 0. The van der Waals surface area contributed by atoms with E-state index in [1.54, 1.807) is 0 Å². The van der Waals surface area contributed by atoms with Gasteiger partial charge >= 0.3 is 0 Å². The van der Waals surface area contributed by atoms with Crippen LogP contribution in [0.4, 0.5) is 0 Å². The smallest absolute Gasteiger partial charge is 0 e. The number of hydrogen-bond donors (Lipinski definition) is 0. The molecule has 0 aromatic rings. The van der Waals surface area contributed by atoms with Gasteiger partial charge in [-0.15, -0.1) is 0 Å². The zero-order valence-electron chi connectivity index (χ0n) is 4.00. The van der Waals surface area contributed by atoms with Crippen LogP contribution in [0.25, 0.3) is 0 Å². The van der Waals surface area contributed by atoms with Gasteiger partial charge in [-0.25, -0.2) is 0 Å². The molecule has 0 heterocycles. The van der Waals surface area contributed by atoms with Gasteiger partial charge in [-0.2, -0.15) is 0 Å². The van der Waals surface area contributed by atoms with E-state index in [0.29, 0.717) is 0 Å². The van der Waals surface area contributed by atoms with Crippen molar-refractivity contribution in [3.63, 3.8) is 0 Å². The maximum atomic E-state index is 0. The Balaban J connectivity index is 0. The van der Waals surface area contributed by atoms with Gasteiger partial charge in [-0.1, -0.05) is 0 Å². The quantitative estimate of drug-likeness (QED) is 0.532. The van der Waals surface area contributed by atoms with Gasteiger partial charge in [0.1, 0.15) is 0 Å².